The zero-order chi connectivity index (χ0) is 15.5. The molecule has 3 nitrogen and oxygen atoms in total. The van der Waals surface area contributed by atoms with Gasteiger partial charge in [0.05, 0.1) is 4.88 Å². The zero-order valence-electron chi connectivity index (χ0n) is 11.8. The van der Waals surface area contributed by atoms with Gasteiger partial charge in [0.25, 0.3) is 0 Å². The van der Waals surface area contributed by atoms with Crippen LogP contribution >= 0.6 is 39.0 Å². The summed E-state index contributed by atoms with van der Waals surface area (Å²) in [5.74, 6) is 1.20. The maximum atomic E-state index is 13.9. The van der Waals surface area contributed by atoms with Gasteiger partial charge in [0.1, 0.15) is 5.82 Å². The number of halogens is 2. The third-order valence-corrected chi connectivity index (χ3v) is 5.52. The summed E-state index contributed by atoms with van der Waals surface area (Å²) in [6, 6.07) is 9.15. The monoisotopic (exact) mass is 397 g/mol. The Morgan fingerprint density at radius 3 is 2.86 bits per heavy atom. The van der Waals surface area contributed by atoms with E-state index < -0.39 is 0 Å². The van der Waals surface area contributed by atoms with Gasteiger partial charge in [-0.1, -0.05) is 39.8 Å². The van der Waals surface area contributed by atoms with Crippen LogP contribution in [0.1, 0.15) is 12.5 Å². The molecule has 0 spiro atoms. The minimum atomic E-state index is -0.206. The molecule has 7 heteroatoms. The van der Waals surface area contributed by atoms with E-state index in [0.29, 0.717) is 11.3 Å². The second-order valence-corrected chi connectivity index (χ2v) is 7.36. The van der Waals surface area contributed by atoms with Gasteiger partial charge in [-0.2, -0.15) is 0 Å². The molecule has 114 valence electrons. The molecule has 0 bridgehead atoms. The topological polar surface area (TPSA) is 30.7 Å². The third-order valence-electron chi connectivity index (χ3n) is 3.15. The number of thiophene rings is 1. The highest BCUT2D eigenvalue weighted by atomic mass is 79.9. The molecular weight excluding hydrogens is 385 g/mol. The first-order chi connectivity index (χ1) is 10.7. The van der Waals surface area contributed by atoms with Gasteiger partial charge in [-0.05, 0) is 36.1 Å². The minimum Gasteiger partial charge on any atom is -0.302 e. The number of hydrogen-bond donors (Lipinski definition) is 0. The van der Waals surface area contributed by atoms with Crippen LogP contribution in [-0.2, 0) is 12.3 Å². The fourth-order valence-corrected chi connectivity index (χ4v) is 4.09. The first-order valence-corrected chi connectivity index (χ1v) is 9.38. The average Bonchev–Trinajstić information content (AvgIpc) is 3.15. The summed E-state index contributed by atoms with van der Waals surface area (Å²) < 4.78 is 16.7. The average molecular weight is 398 g/mol. The van der Waals surface area contributed by atoms with Crippen molar-refractivity contribution in [2.24, 2.45) is 0 Å². The van der Waals surface area contributed by atoms with Gasteiger partial charge in [-0.3, -0.25) is 0 Å². The first kappa shape index (κ1) is 15.7. The van der Waals surface area contributed by atoms with Crippen LogP contribution in [0.3, 0.4) is 0 Å². The van der Waals surface area contributed by atoms with Gasteiger partial charge < -0.3 is 4.57 Å². The molecular formula is C15H13BrFN3S2. The lowest BCUT2D eigenvalue weighted by Crippen LogP contribution is -1.99. The normalized spacial score (nSPS) is 11.0. The van der Waals surface area contributed by atoms with Crippen molar-refractivity contribution in [3.05, 3.63) is 51.6 Å². The Kier molecular flexibility index (Phi) is 4.95. The molecule has 2 heterocycles. The fraction of sp³-hybridized carbons (Fsp3) is 0.200. The number of hydrogen-bond acceptors (Lipinski definition) is 4. The Morgan fingerprint density at radius 1 is 1.32 bits per heavy atom. The molecule has 0 saturated heterocycles. The molecule has 1 aromatic carbocycles. The van der Waals surface area contributed by atoms with Gasteiger partial charge >= 0.3 is 0 Å². The molecule has 0 fully saturated rings. The quantitative estimate of drug-likeness (QED) is 0.552. The Morgan fingerprint density at radius 2 is 2.18 bits per heavy atom. The highest BCUT2D eigenvalue weighted by molar-refractivity contribution is 9.10. The van der Waals surface area contributed by atoms with Crippen LogP contribution in [0.25, 0.3) is 10.7 Å². The maximum Gasteiger partial charge on any atom is 0.191 e. The molecule has 2 aromatic heterocycles. The molecule has 0 atom stereocenters. The van der Waals surface area contributed by atoms with Crippen molar-refractivity contribution in [3.63, 3.8) is 0 Å². The Hall–Kier alpha value is -1.18. The van der Waals surface area contributed by atoms with Crippen LogP contribution in [0.5, 0.6) is 0 Å². The van der Waals surface area contributed by atoms with E-state index in [1.165, 1.54) is 17.8 Å². The van der Waals surface area contributed by atoms with Crippen LogP contribution in [0, 0.1) is 5.82 Å². The lowest BCUT2D eigenvalue weighted by atomic mass is 10.2. The SMILES string of the molecule is CCn1c(SCc2ccc(Br)cc2F)nnc1-c1cccs1. The smallest absolute Gasteiger partial charge is 0.191 e. The third kappa shape index (κ3) is 3.26. The van der Waals surface area contributed by atoms with Crippen LogP contribution < -0.4 is 0 Å². The second kappa shape index (κ2) is 6.93. The van der Waals surface area contributed by atoms with Crippen molar-refractivity contribution >= 4 is 39.0 Å². The van der Waals surface area contributed by atoms with Crippen LogP contribution in [0.2, 0.25) is 0 Å². The Bertz CT molecular complexity index is 771. The molecule has 0 amide bonds. The predicted molar refractivity (Wildman–Crippen MR) is 92.7 cm³/mol. The molecule has 0 N–H and O–H groups in total. The van der Waals surface area contributed by atoms with E-state index in [9.17, 15) is 4.39 Å². The van der Waals surface area contributed by atoms with Crippen molar-refractivity contribution in [2.45, 2.75) is 24.4 Å². The number of aromatic nitrogens is 3. The summed E-state index contributed by atoms with van der Waals surface area (Å²) >= 11 is 6.41. The highest BCUT2D eigenvalue weighted by Crippen LogP contribution is 2.29. The lowest BCUT2D eigenvalue weighted by molar-refractivity contribution is 0.616. The van der Waals surface area contributed by atoms with E-state index in [-0.39, 0.29) is 5.82 Å². The van der Waals surface area contributed by atoms with Crippen molar-refractivity contribution in [1.82, 2.24) is 14.8 Å². The zero-order valence-corrected chi connectivity index (χ0v) is 15.0. The van der Waals surface area contributed by atoms with Crippen LogP contribution in [0.15, 0.2) is 45.3 Å². The molecule has 0 aliphatic heterocycles. The number of nitrogens with zero attached hydrogens (tertiary/aromatic N) is 3. The molecule has 0 unspecified atom stereocenters. The summed E-state index contributed by atoms with van der Waals surface area (Å²) in [6.45, 7) is 2.84. The molecule has 0 aliphatic rings. The number of thioether (sulfide) groups is 1. The predicted octanol–water partition coefficient (Wildman–Crippen LogP) is 5.22. The van der Waals surface area contributed by atoms with E-state index >= 15 is 0 Å². The second-order valence-electron chi connectivity index (χ2n) is 4.55. The van der Waals surface area contributed by atoms with Crippen molar-refractivity contribution in [1.29, 1.82) is 0 Å². The number of benzene rings is 1. The van der Waals surface area contributed by atoms with Gasteiger partial charge in [0, 0.05) is 16.8 Å². The van der Waals surface area contributed by atoms with E-state index in [1.54, 1.807) is 17.4 Å². The van der Waals surface area contributed by atoms with Gasteiger partial charge in [0.15, 0.2) is 11.0 Å². The van der Waals surface area contributed by atoms with E-state index in [4.69, 9.17) is 0 Å². The summed E-state index contributed by atoms with van der Waals surface area (Å²) in [5, 5.41) is 11.4. The summed E-state index contributed by atoms with van der Waals surface area (Å²) in [6.07, 6.45) is 0. The van der Waals surface area contributed by atoms with Crippen LogP contribution in [-0.4, -0.2) is 14.8 Å². The van der Waals surface area contributed by atoms with E-state index in [0.717, 1.165) is 26.9 Å². The Labute approximate surface area is 144 Å². The minimum absolute atomic E-state index is 0.206. The summed E-state index contributed by atoms with van der Waals surface area (Å²) in [5.41, 5.74) is 0.663. The largest absolute Gasteiger partial charge is 0.302 e. The molecule has 3 aromatic rings. The summed E-state index contributed by atoms with van der Waals surface area (Å²) in [4.78, 5) is 1.09. The van der Waals surface area contributed by atoms with Gasteiger partial charge in [0.2, 0.25) is 0 Å². The van der Waals surface area contributed by atoms with Crippen molar-refractivity contribution in [2.75, 3.05) is 0 Å². The van der Waals surface area contributed by atoms with E-state index in [1.807, 2.05) is 23.6 Å². The molecule has 0 aliphatic carbocycles. The maximum absolute atomic E-state index is 13.9. The van der Waals surface area contributed by atoms with Crippen LogP contribution in [0.4, 0.5) is 4.39 Å². The lowest BCUT2D eigenvalue weighted by Gasteiger charge is -2.07. The summed E-state index contributed by atoms with van der Waals surface area (Å²) in [7, 11) is 0. The van der Waals surface area contributed by atoms with Gasteiger partial charge in [-0.15, -0.1) is 21.5 Å². The van der Waals surface area contributed by atoms with Crippen molar-refractivity contribution < 1.29 is 4.39 Å². The molecule has 0 saturated carbocycles. The molecule has 22 heavy (non-hydrogen) atoms. The fourth-order valence-electron chi connectivity index (χ4n) is 2.05. The van der Waals surface area contributed by atoms with Gasteiger partial charge in [-0.25, -0.2) is 4.39 Å². The highest BCUT2D eigenvalue weighted by Gasteiger charge is 2.14. The first-order valence-electron chi connectivity index (χ1n) is 6.73. The number of rotatable bonds is 5. The molecule has 0 radical (unpaired) electrons. The van der Waals surface area contributed by atoms with E-state index in [2.05, 4.69) is 37.6 Å². The van der Waals surface area contributed by atoms with Crippen molar-refractivity contribution in [3.8, 4) is 10.7 Å². The standard InChI is InChI=1S/C15H13BrFN3S2/c1-2-20-14(13-4-3-7-21-13)18-19-15(20)22-9-10-5-6-11(16)8-12(10)17/h3-8H,2,9H2,1H3. The Balaban J connectivity index is 1.81. The molecule has 3 rings (SSSR count).